The van der Waals surface area contributed by atoms with Crippen molar-refractivity contribution in [2.24, 2.45) is 11.8 Å². The zero-order chi connectivity index (χ0) is 11.2. The van der Waals surface area contributed by atoms with Gasteiger partial charge in [-0.2, -0.15) is 0 Å². The van der Waals surface area contributed by atoms with E-state index >= 15 is 0 Å². The van der Waals surface area contributed by atoms with Crippen LogP contribution in [0, 0.1) is 11.8 Å². The summed E-state index contributed by atoms with van der Waals surface area (Å²) in [4.78, 5) is 2.78. The third kappa shape index (κ3) is 1.54. The number of rotatable bonds is 1. The molecule has 0 bridgehead atoms. The predicted octanol–water partition coefficient (Wildman–Crippen LogP) is 2.02. The van der Waals surface area contributed by atoms with Crippen molar-refractivity contribution in [2.75, 3.05) is 19.6 Å². The van der Waals surface area contributed by atoms with Crippen LogP contribution in [-0.4, -0.2) is 36.1 Å². The molecule has 2 saturated heterocycles. The van der Waals surface area contributed by atoms with Gasteiger partial charge in [0.05, 0.1) is 0 Å². The molecule has 0 aromatic rings. The number of hydrogen-bond donors (Lipinski definition) is 1. The van der Waals surface area contributed by atoms with Gasteiger partial charge < -0.3 is 5.32 Å². The summed E-state index contributed by atoms with van der Waals surface area (Å²) in [6.45, 7) is 8.67. The van der Waals surface area contributed by atoms with Gasteiger partial charge in [0.15, 0.2) is 0 Å². The van der Waals surface area contributed by atoms with Gasteiger partial charge in [0.1, 0.15) is 0 Å². The molecule has 0 amide bonds. The van der Waals surface area contributed by atoms with Crippen molar-refractivity contribution in [3.63, 3.8) is 0 Å². The lowest BCUT2D eigenvalue weighted by Crippen LogP contribution is -2.49. The van der Waals surface area contributed by atoms with E-state index < -0.39 is 0 Å². The van der Waals surface area contributed by atoms with Crippen molar-refractivity contribution in [1.82, 2.24) is 10.2 Å². The maximum absolute atomic E-state index is 3.56. The van der Waals surface area contributed by atoms with E-state index in [0.717, 1.165) is 11.8 Å². The van der Waals surface area contributed by atoms with Crippen molar-refractivity contribution in [3.05, 3.63) is 12.2 Å². The fraction of sp³-hybridized carbons (Fsp3) is 0.857. The zero-order valence-corrected chi connectivity index (χ0v) is 10.6. The molecule has 2 heterocycles. The highest BCUT2D eigenvalue weighted by Gasteiger charge is 2.50. The molecule has 3 unspecified atom stereocenters. The first-order valence-corrected chi connectivity index (χ1v) is 6.84. The van der Waals surface area contributed by atoms with Gasteiger partial charge in [-0.15, -0.1) is 0 Å². The van der Waals surface area contributed by atoms with Gasteiger partial charge >= 0.3 is 0 Å². The highest BCUT2D eigenvalue weighted by Crippen LogP contribution is 2.42. The van der Waals surface area contributed by atoms with E-state index in [9.17, 15) is 0 Å². The van der Waals surface area contributed by atoms with Gasteiger partial charge in [-0.05, 0) is 51.5 Å². The molecule has 2 heteroatoms. The summed E-state index contributed by atoms with van der Waals surface area (Å²) in [7, 11) is 0. The Balaban J connectivity index is 1.81. The number of allylic oxidation sites excluding steroid dienone is 1. The minimum absolute atomic E-state index is 0.389. The molecule has 1 aliphatic carbocycles. The van der Waals surface area contributed by atoms with E-state index in [1.165, 1.54) is 38.9 Å². The molecule has 90 valence electrons. The SMILES string of the molecule is CC1(C)C2CNCC2CN1C1C=CCCC1. The van der Waals surface area contributed by atoms with E-state index in [4.69, 9.17) is 0 Å². The molecule has 3 aliphatic rings. The van der Waals surface area contributed by atoms with Crippen molar-refractivity contribution in [1.29, 1.82) is 0 Å². The average molecular weight is 220 g/mol. The first-order valence-electron chi connectivity index (χ1n) is 6.84. The Morgan fingerprint density at radius 2 is 2.19 bits per heavy atom. The molecular weight excluding hydrogens is 196 g/mol. The lowest BCUT2D eigenvalue weighted by molar-refractivity contribution is 0.103. The minimum atomic E-state index is 0.389. The lowest BCUT2D eigenvalue weighted by Gasteiger charge is -2.41. The van der Waals surface area contributed by atoms with Crippen LogP contribution in [-0.2, 0) is 0 Å². The summed E-state index contributed by atoms with van der Waals surface area (Å²) in [5, 5.41) is 3.56. The molecule has 0 aromatic heterocycles. The standard InChI is InChI=1S/C14H24N2/c1-14(2)13-9-15-8-11(13)10-16(14)12-6-4-3-5-7-12/h4,6,11-13,15H,3,5,7-10H2,1-2H3. The third-order valence-corrected chi connectivity index (χ3v) is 5.05. The smallest absolute Gasteiger partial charge is 0.0283 e. The van der Waals surface area contributed by atoms with E-state index in [1.54, 1.807) is 0 Å². The molecule has 16 heavy (non-hydrogen) atoms. The Kier molecular flexibility index (Phi) is 2.60. The van der Waals surface area contributed by atoms with Crippen LogP contribution in [0.1, 0.15) is 33.1 Å². The zero-order valence-electron chi connectivity index (χ0n) is 10.6. The topological polar surface area (TPSA) is 15.3 Å². The number of likely N-dealkylation sites (tertiary alicyclic amines) is 1. The van der Waals surface area contributed by atoms with Gasteiger partial charge in [0.25, 0.3) is 0 Å². The summed E-state index contributed by atoms with van der Waals surface area (Å²) >= 11 is 0. The highest BCUT2D eigenvalue weighted by atomic mass is 15.3. The summed E-state index contributed by atoms with van der Waals surface area (Å²) in [5.41, 5.74) is 0.389. The van der Waals surface area contributed by atoms with Crippen molar-refractivity contribution in [3.8, 4) is 0 Å². The monoisotopic (exact) mass is 220 g/mol. The first kappa shape index (κ1) is 10.8. The molecule has 0 spiro atoms. The van der Waals surface area contributed by atoms with E-state index in [-0.39, 0.29) is 0 Å². The number of hydrogen-bond acceptors (Lipinski definition) is 2. The first-order chi connectivity index (χ1) is 7.69. The largest absolute Gasteiger partial charge is 0.316 e. The van der Waals surface area contributed by atoms with Crippen LogP contribution < -0.4 is 5.32 Å². The molecule has 3 atom stereocenters. The summed E-state index contributed by atoms with van der Waals surface area (Å²) < 4.78 is 0. The van der Waals surface area contributed by atoms with Crippen LogP contribution >= 0.6 is 0 Å². The van der Waals surface area contributed by atoms with Crippen molar-refractivity contribution in [2.45, 2.75) is 44.7 Å². The predicted molar refractivity (Wildman–Crippen MR) is 67.4 cm³/mol. The Morgan fingerprint density at radius 3 is 2.88 bits per heavy atom. The van der Waals surface area contributed by atoms with Gasteiger partial charge in [0.2, 0.25) is 0 Å². The normalized spacial score (nSPS) is 42.5. The minimum Gasteiger partial charge on any atom is -0.316 e. The van der Waals surface area contributed by atoms with Crippen LogP contribution in [0.25, 0.3) is 0 Å². The molecule has 2 aliphatic heterocycles. The molecular formula is C14H24N2. The Morgan fingerprint density at radius 1 is 1.31 bits per heavy atom. The molecule has 2 fully saturated rings. The van der Waals surface area contributed by atoms with E-state index in [0.29, 0.717) is 11.6 Å². The Hall–Kier alpha value is -0.340. The van der Waals surface area contributed by atoms with Gasteiger partial charge in [0, 0.05) is 24.7 Å². The second-order valence-corrected chi connectivity index (χ2v) is 6.26. The van der Waals surface area contributed by atoms with Crippen LogP contribution in [0.5, 0.6) is 0 Å². The molecule has 0 saturated carbocycles. The number of nitrogens with one attached hydrogen (secondary N) is 1. The fourth-order valence-corrected chi connectivity index (χ4v) is 4.07. The van der Waals surface area contributed by atoms with E-state index in [2.05, 4.69) is 36.2 Å². The maximum atomic E-state index is 3.56. The van der Waals surface area contributed by atoms with Crippen LogP contribution in [0.3, 0.4) is 0 Å². The van der Waals surface area contributed by atoms with Gasteiger partial charge in [-0.1, -0.05) is 12.2 Å². The molecule has 2 nitrogen and oxygen atoms in total. The van der Waals surface area contributed by atoms with E-state index in [1.807, 2.05) is 0 Å². The summed E-state index contributed by atoms with van der Waals surface area (Å²) in [5.74, 6) is 1.76. The van der Waals surface area contributed by atoms with Gasteiger partial charge in [-0.3, -0.25) is 4.90 Å². The van der Waals surface area contributed by atoms with Gasteiger partial charge in [-0.25, -0.2) is 0 Å². The second kappa shape index (κ2) is 3.85. The van der Waals surface area contributed by atoms with Crippen LogP contribution in [0.2, 0.25) is 0 Å². The van der Waals surface area contributed by atoms with Crippen molar-refractivity contribution < 1.29 is 0 Å². The maximum Gasteiger partial charge on any atom is 0.0283 e. The van der Waals surface area contributed by atoms with Crippen LogP contribution in [0.15, 0.2) is 12.2 Å². The molecule has 1 N–H and O–H groups in total. The number of nitrogens with zero attached hydrogens (tertiary/aromatic N) is 1. The average Bonchev–Trinajstić information content (AvgIpc) is 2.83. The fourth-order valence-electron chi connectivity index (χ4n) is 4.07. The second-order valence-electron chi connectivity index (χ2n) is 6.26. The summed E-state index contributed by atoms with van der Waals surface area (Å²) in [6.07, 6.45) is 8.88. The Bertz CT molecular complexity index is 295. The Labute approximate surface area is 99.1 Å². The number of fused-ring (bicyclic) bond motifs is 1. The lowest BCUT2D eigenvalue weighted by atomic mass is 9.84. The summed E-state index contributed by atoms with van der Waals surface area (Å²) in [6, 6.07) is 0.717. The molecule has 3 rings (SSSR count). The van der Waals surface area contributed by atoms with Crippen LogP contribution in [0.4, 0.5) is 0 Å². The molecule has 0 aromatic carbocycles. The third-order valence-electron chi connectivity index (χ3n) is 5.05. The molecule has 0 radical (unpaired) electrons. The van der Waals surface area contributed by atoms with Crippen molar-refractivity contribution >= 4 is 0 Å². The highest BCUT2D eigenvalue weighted by molar-refractivity contribution is 5.10. The quantitative estimate of drug-likeness (QED) is 0.680.